The second-order valence-electron chi connectivity index (χ2n) is 4.29. The van der Waals surface area contributed by atoms with E-state index < -0.39 is 10.0 Å². The molecule has 0 aromatic heterocycles. The van der Waals surface area contributed by atoms with E-state index in [1.54, 1.807) is 0 Å². The Morgan fingerprint density at radius 1 is 1.33 bits per heavy atom. The number of hydrogen-bond donors (Lipinski definition) is 2. The normalized spacial score (nSPS) is 22.6. The maximum atomic E-state index is 11.2. The minimum atomic E-state index is -3.05. The molecule has 1 aromatic rings. The molecule has 0 aliphatic carbocycles. The third-order valence-corrected chi connectivity index (χ3v) is 4.38. The number of sulfonamides is 1. The van der Waals surface area contributed by atoms with Crippen molar-refractivity contribution in [2.45, 2.75) is 12.3 Å². The zero-order valence-electron chi connectivity index (χ0n) is 10.0. The fourth-order valence-electron chi connectivity index (χ4n) is 1.98. The summed E-state index contributed by atoms with van der Waals surface area (Å²) in [4.78, 5) is 0. The summed E-state index contributed by atoms with van der Waals surface area (Å²) >= 11 is 0. The van der Waals surface area contributed by atoms with Gasteiger partial charge in [-0.1, -0.05) is 12.1 Å². The fourth-order valence-corrected chi connectivity index (χ4v) is 3.18. The molecule has 0 radical (unpaired) electrons. The lowest BCUT2D eigenvalue weighted by Gasteiger charge is -2.23. The Balaban J connectivity index is 1.98. The number of nitrogens with one attached hydrogen (secondary N) is 1. The predicted octanol–water partition coefficient (Wildman–Crippen LogP) is 0.464. The van der Waals surface area contributed by atoms with Gasteiger partial charge in [-0.3, -0.25) is 0 Å². The van der Waals surface area contributed by atoms with Crippen LogP contribution >= 0.6 is 0 Å². The highest BCUT2D eigenvalue weighted by Crippen LogP contribution is 2.24. The molecule has 0 bridgehead atoms. The van der Waals surface area contributed by atoms with Gasteiger partial charge in [-0.25, -0.2) is 13.1 Å². The summed E-state index contributed by atoms with van der Waals surface area (Å²) in [7, 11) is -3.05. The average Bonchev–Trinajstić information content (AvgIpc) is 2.37. The quantitative estimate of drug-likeness (QED) is 0.834. The van der Waals surface area contributed by atoms with Gasteiger partial charge in [-0.05, 0) is 30.0 Å². The molecular weight excluding hydrogens is 254 g/mol. The Hall–Kier alpha value is -1.11. The van der Waals surface area contributed by atoms with Crippen molar-refractivity contribution >= 4 is 10.0 Å². The molecule has 2 rings (SSSR count). The number of benzene rings is 1. The van der Waals surface area contributed by atoms with Gasteiger partial charge in [0.1, 0.15) is 12.4 Å². The predicted molar refractivity (Wildman–Crippen MR) is 68.2 cm³/mol. The topological polar surface area (TPSA) is 75.6 Å². The molecule has 100 valence electrons. The van der Waals surface area contributed by atoms with Crippen molar-refractivity contribution in [1.82, 2.24) is 4.72 Å². The summed E-state index contributed by atoms with van der Waals surface area (Å²) in [6.45, 7) is 0.730. The van der Waals surface area contributed by atoms with Crippen LogP contribution < -0.4 is 9.46 Å². The highest BCUT2D eigenvalue weighted by molar-refractivity contribution is 7.89. The van der Waals surface area contributed by atoms with Crippen LogP contribution in [0.3, 0.4) is 0 Å². The van der Waals surface area contributed by atoms with Crippen LogP contribution in [0.5, 0.6) is 5.75 Å². The van der Waals surface area contributed by atoms with Gasteiger partial charge in [0, 0.05) is 6.54 Å². The average molecular weight is 271 g/mol. The standard InChI is InChI=1S/C12H17NO4S/c14-6-7-17-12-3-1-10(2-4-12)11-5-8-18(15,16)13-9-11/h1-4,11,13-14H,5-9H2. The van der Waals surface area contributed by atoms with Gasteiger partial charge in [0.15, 0.2) is 0 Å². The molecule has 1 heterocycles. The first-order chi connectivity index (χ1) is 8.61. The van der Waals surface area contributed by atoms with Crippen LogP contribution in [0.25, 0.3) is 0 Å². The highest BCUT2D eigenvalue weighted by Gasteiger charge is 2.23. The Morgan fingerprint density at radius 3 is 2.61 bits per heavy atom. The number of aliphatic hydroxyl groups excluding tert-OH is 1. The molecule has 0 saturated carbocycles. The molecular formula is C12H17NO4S. The summed E-state index contributed by atoms with van der Waals surface area (Å²) in [6.07, 6.45) is 0.645. The maximum Gasteiger partial charge on any atom is 0.211 e. The monoisotopic (exact) mass is 271 g/mol. The molecule has 1 aliphatic heterocycles. The van der Waals surface area contributed by atoms with E-state index in [4.69, 9.17) is 9.84 Å². The van der Waals surface area contributed by atoms with Gasteiger partial charge in [0.05, 0.1) is 12.4 Å². The van der Waals surface area contributed by atoms with E-state index in [1.165, 1.54) is 0 Å². The molecule has 1 saturated heterocycles. The second-order valence-corrected chi connectivity index (χ2v) is 6.22. The minimum Gasteiger partial charge on any atom is -0.491 e. The van der Waals surface area contributed by atoms with Gasteiger partial charge in [-0.15, -0.1) is 0 Å². The molecule has 5 nitrogen and oxygen atoms in total. The summed E-state index contributed by atoms with van der Waals surface area (Å²) in [5.74, 6) is 1.12. The van der Waals surface area contributed by atoms with E-state index >= 15 is 0 Å². The van der Waals surface area contributed by atoms with Crippen LogP contribution in [0.2, 0.25) is 0 Å². The minimum absolute atomic E-state index is 0.00778. The summed E-state index contributed by atoms with van der Waals surface area (Å²) in [6, 6.07) is 7.57. The van der Waals surface area contributed by atoms with Gasteiger partial charge in [0.2, 0.25) is 10.0 Å². The molecule has 1 unspecified atom stereocenters. The third-order valence-electron chi connectivity index (χ3n) is 3.00. The Kier molecular flexibility index (Phi) is 4.21. The maximum absolute atomic E-state index is 11.2. The second kappa shape index (κ2) is 5.69. The fraction of sp³-hybridized carbons (Fsp3) is 0.500. The molecule has 1 aromatic carbocycles. The van der Waals surface area contributed by atoms with Crippen molar-refractivity contribution in [1.29, 1.82) is 0 Å². The van der Waals surface area contributed by atoms with Crippen molar-refractivity contribution in [2.24, 2.45) is 0 Å². The van der Waals surface area contributed by atoms with Crippen LogP contribution in [-0.4, -0.2) is 39.0 Å². The van der Waals surface area contributed by atoms with E-state index in [0.29, 0.717) is 18.7 Å². The summed E-state index contributed by atoms with van der Waals surface area (Å²) < 4.78 is 30.3. The third kappa shape index (κ3) is 3.44. The summed E-state index contributed by atoms with van der Waals surface area (Å²) in [5, 5.41) is 8.64. The van der Waals surface area contributed by atoms with Crippen LogP contribution in [0.1, 0.15) is 17.9 Å². The van der Waals surface area contributed by atoms with Gasteiger partial charge in [-0.2, -0.15) is 0 Å². The first-order valence-electron chi connectivity index (χ1n) is 5.92. The lowest BCUT2D eigenvalue weighted by atomic mass is 9.96. The Labute approximate surface area is 107 Å². The smallest absolute Gasteiger partial charge is 0.211 e. The molecule has 1 atom stereocenters. The largest absolute Gasteiger partial charge is 0.491 e. The van der Waals surface area contributed by atoms with E-state index in [2.05, 4.69) is 4.72 Å². The number of aliphatic hydroxyl groups is 1. The van der Waals surface area contributed by atoms with E-state index in [-0.39, 0.29) is 24.9 Å². The van der Waals surface area contributed by atoms with E-state index in [1.807, 2.05) is 24.3 Å². The molecule has 2 N–H and O–H groups in total. The molecule has 1 aliphatic rings. The van der Waals surface area contributed by atoms with Gasteiger partial charge in [0.25, 0.3) is 0 Å². The van der Waals surface area contributed by atoms with Crippen molar-refractivity contribution in [2.75, 3.05) is 25.5 Å². The van der Waals surface area contributed by atoms with Crippen molar-refractivity contribution in [3.8, 4) is 5.75 Å². The van der Waals surface area contributed by atoms with Crippen molar-refractivity contribution < 1.29 is 18.3 Å². The zero-order chi connectivity index (χ0) is 13.0. The number of ether oxygens (including phenoxy) is 1. The highest BCUT2D eigenvalue weighted by atomic mass is 32.2. The lowest BCUT2D eigenvalue weighted by molar-refractivity contribution is 0.201. The molecule has 1 fully saturated rings. The molecule has 0 amide bonds. The zero-order valence-corrected chi connectivity index (χ0v) is 10.8. The Morgan fingerprint density at radius 2 is 2.06 bits per heavy atom. The van der Waals surface area contributed by atoms with Crippen molar-refractivity contribution in [3.63, 3.8) is 0 Å². The molecule has 0 spiro atoms. The van der Waals surface area contributed by atoms with Gasteiger partial charge < -0.3 is 9.84 Å². The molecule has 18 heavy (non-hydrogen) atoms. The van der Waals surface area contributed by atoms with Crippen LogP contribution in [0.15, 0.2) is 24.3 Å². The Bertz CT molecular complexity index is 469. The lowest BCUT2D eigenvalue weighted by Crippen LogP contribution is -2.36. The number of hydrogen-bond acceptors (Lipinski definition) is 4. The summed E-state index contributed by atoms with van der Waals surface area (Å²) in [5.41, 5.74) is 1.11. The van der Waals surface area contributed by atoms with Crippen LogP contribution in [0, 0.1) is 0 Å². The van der Waals surface area contributed by atoms with E-state index in [9.17, 15) is 8.42 Å². The number of rotatable bonds is 4. The van der Waals surface area contributed by atoms with Crippen LogP contribution in [-0.2, 0) is 10.0 Å². The van der Waals surface area contributed by atoms with Gasteiger partial charge >= 0.3 is 0 Å². The van der Waals surface area contributed by atoms with Crippen molar-refractivity contribution in [3.05, 3.63) is 29.8 Å². The first kappa shape index (κ1) is 13.3. The van der Waals surface area contributed by atoms with E-state index in [0.717, 1.165) is 5.56 Å². The molecule has 6 heteroatoms. The first-order valence-corrected chi connectivity index (χ1v) is 7.57. The SMILES string of the molecule is O=S1(=O)CCC(c2ccc(OCCO)cc2)CN1. The van der Waals surface area contributed by atoms with Crippen LogP contribution in [0.4, 0.5) is 0 Å².